The van der Waals surface area contributed by atoms with Gasteiger partial charge in [-0.25, -0.2) is 0 Å². The molecule has 2 rings (SSSR count). The number of hydrogen-bond acceptors (Lipinski definition) is 4. The highest BCUT2D eigenvalue weighted by molar-refractivity contribution is 7.80. The van der Waals surface area contributed by atoms with Crippen molar-refractivity contribution in [2.75, 3.05) is 32.9 Å². The van der Waals surface area contributed by atoms with Gasteiger partial charge in [-0.3, -0.25) is 4.79 Å². The van der Waals surface area contributed by atoms with Gasteiger partial charge in [0.2, 0.25) is 0 Å². The summed E-state index contributed by atoms with van der Waals surface area (Å²) in [6.45, 7) is 2.64. The van der Waals surface area contributed by atoms with Gasteiger partial charge in [0.15, 0.2) is 11.7 Å². The number of hydrogen-bond donors (Lipinski definition) is 1. The van der Waals surface area contributed by atoms with E-state index < -0.39 is 0 Å². The highest BCUT2D eigenvalue weighted by Gasteiger charge is 2.15. The zero-order valence-electron chi connectivity index (χ0n) is 10.5. The van der Waals surface area contributed by atoms with Gasteiger partial charge in [-0.05, 0) is 24.4 Å². The first-order valence-electron chi connectivity index (χ1n) is 6.10. The van der Waals surface area contributed by atoms with Crippen LogP contribution in [0.25, 0.3) is 0 Å². The summed E-state index contributed by atoms with van der Waals surface area (Å²) in [7, 11) is 0. The van der Waals surface area contributed by atoms with E-state index in [0.717, 1.165) is 0 Å². The van der Waals surface area contributed by atoms with Crippen LogP contribution in [-0.2, 0) is 9.53 Å². The van der Waals surface area contributed by atoms with Crippen LogP contribution in [0.15, 0.2) is 30.3 Å². The second kappa shape index (κ2) is 7.06. The van der Waals surface area contributed by atoms with E-state index >= 15 is 0 Å². The van der Waals surface area contributed by atoms with Gasteiger partial charge in [-0.2, -0.15) is 0 Å². The molecule has 6 heteroatoms. The van der Waals surface area contributed by atoms with Crippen LogP contribution in [0.4, 0.5) is 0 Å². The SMILES string of the molecule is O=C(COc1ccccc1)NC(=S)N1CCOCC1. The minimum absolute atomic E-state index is 0.0471. The van der Waals surface area contributed by atoms with Crippen LogP contribution in [0.3, 0.4) is 0 Å². The molecule has 5 nitrogen and oxygen atoms in total. The Hall–Kier alpha value is -1.66. The third-order valence-electron chi connectivity index (χ3n) is 2.66. The number of morpholine rings is 1. The molecule has 0 spiro atoms. The second-order valence-electron chi connectivity index (χ2n) is 4.05. The van der Waals surface area contributed by atoms with E-state index in [0.29, 0.717) is 37.2 Å². The topological polar surface area (TPSA) is 50.8 Å². The molecule has 19 heavy (non-hydrogen) atoms. The number of thiocarbonyl (C=S) groups is 1. The molecule has 0 aromatic heterocycles. The van der Waals surface area contributed by atoms with E-state index in [1.165, 1.54) is 0 Å². The predicted molar refractivity (Wildman–Crippen MR) is 75.1 cm³/mol. The van der Waals surface area contributed by atoms with Gasteiger partial charge in [0.25, 0.3) is 5.91 Å². The number of rotatable bonds is 3. The number of carbonyl (C=O) groups excluding carboxylic acids is 1. The molecule has 1 aliphatic rings. The van der Waals surface area contributed by atoms with Crippen molar-refractivity contribution in [2.24, 2.45) is 0 Å². The Balaban J connectivity index is 1.73. The molecule has 1 N–H and O–H groups in total. The Labute approximate surface area is 117 Å². The largest absolute Gasteiger partial charge is 0.484 e. The van der Waals surface area contributed by atoms with Crippen molar-refractivity contribution >= 4 is 23.2 Å². The number of nitrogens with one attached hydrogen (secondary N) is 1. The number of benzene rings is 1. The highest BCUT2D eigenvalue weighted by atomic mass is 32.1. The van der Waals surface area contributed by atoms with Gasteiger partial charge in [-0.15, -0.1) is 0 Å². The third kappa shape index (κ3) is 4.50. The van der Waals surface area contributed by atoms with E-state index in [-0.39, 0.29) is 12.5 Å². The minimum Gasteiger partial charge on any atom is -0.484 e. The van der Waals surface area contributed by atoms with Crippen molar-refractivity contribution in [3.05, 3.63) is 30.3 Å². The molecule has 0 unspecified atom stereocenters. The summed E-state index contributed by atoms with van der Waals surface area (Å²) in [6, 6.07) is 9.19. The summed E-state index contributed by atoms with van der Waals surface area (Å²) in [6.07, 6.45) is 0. The molecular formula is C13H16N2O3S. The summed E-state index contributed by atoms with van der Waals surface area (Å²) >= 11 is 5.16. The molecule has 102 valence electrons. The van der Waals surface area contributed by atoms with Gasteiger partial charge >= 0.3 is 0 Å². The number of para-hydroxylation sites is 1. The molecule has 1 aliphatic heterocycles. The minimum atomic E-state index is -0.250. The first-order chi connectivity index (χ1) is 9.25. The predicted octanol–water partition coefficient (Wildman–Crippen LogP) is 0.799. The number of nitrogens with zero attached hydrogens (tertiary/aromatic N) is 1. The smallest absolute Gasteiger partial charge is 0.264 e. The monoisotopic (exact) mass is 280 g/mol. The van der Waals surface area contributed by atoms with Crippen molar-refractivity contribution in [1.82, 2.24) is 10.2 Å². The van der Waals surface area contributed by atoms with E-state index in [9.17, 15) is 4.79 Å². The van der Waals surface area contributed by atoms with Crippen LogP contribution in [-0.4, -0.2) is 48.8 Å². The maximum atomic E-state index is 11.7. The first kappa shape index (κ1) is 13.8. The molecule has 0 radical (unpaired) electrons. The lowest BCUT2D eigenvalue weighted by Crippen LogP contribution is -2.48. The summed E-state index contributed by atoms with van der Waals surface area (Å²) in [5.41, 5.74) is 0. The number of amides is 1. The fourth-order valence-corrected chi connectivity index (χ4v) is 1.96. The maximum absolute atomic E-state index is 11.7. The quantitative estimate of drug-likeness (QED) is 0.830. The highest BCUT2D eigenvalue weighted by Crippen LogP contribution is 2.07. The Kier molecular flexibility index (Phi) is 5.11. The number of carbonyl (C=O) groups is 1. The zero-order valence-corrected chi connectivity index (χ0v) is 11.3. The van der Waals surface area contributed by atoms with Gasteiger partial charge in [0.1, 0.15) is 5.75 Å². The van der Waals surface area contributed by atoms with Crippen molar-refractivity contribution in [2.45, 2.75) is 0 Å². The Bertz CT molecular complexity index is 433. The van der Waals surface area contributed by atoms with Crippen molar-refractivity contribution in [3.63, 3.8) is 0 Å². The third-order valence-corrected chi connectivity index (χ3v) is 3.02. The average molecular weight is 280 g/mol. The lowest BCUT2D eigenvalue weighted by molar-refractivity contribution is -0.121. The fraction of sp³-hybridized carbons (Fsp3) is 0.385. The standard InChI is InChI=1S/C13H16N2O3S/c16-12(10-18-11-4-2-1-3-5-11)14-13(19)15-6-8-17-9-7-15/h1-5H,6-10H2,(H,14,16,19). The van der Waals surface area contributed by atoms with Gasteiger partial charge < -0.3 is 19.7 Å². The molecule has 1 fully saturated rings. The molecule has 0 bridgehead atoms. The van der Waals surface area contributed by atoms with Gasteiger partial charge in [0.05, 0.1) is 13.2 Å². The Morgan fingerprint density at radius 3 is 2.68 bits per heavy atom. The lowest BCUT2D eigenvalue weighted by atomic mass is 10.3. The molecule has 1 heterocycles. The van der Waals surface area contributed by atoms with Gasteiger partial charge in [0, 0.05) is 13.1 Å². The molecule has 1 saturated heterocycles. The second-order valence-corrected chi connectivity index (χ2v) is 4.44. The van der Waals surface area contributed by atoms with Crippen LogP contribution in [0.1, 0.15) is 0 Å². The zero-order chi connectivity index (χ0) is 13.5. The molecule has 1 aromatic carbocycles. The van der Waals surface area contributed by atoms with Crippen LogP contribution in [0, 0.1) is 0 Å². The molecule has 0 aliphatic carbocycles. The Morgan fingerprint density at radius 1 is 1.32 bits per heavy atom. The van der Waals surface area contributed by atoms with E-state index in [4.69, 9.17) is 21.7 Å². The summed E-state index contributed by atoms with van der Waals surface area (Å²) in [5.74, 6) is 0.412. The first-order valence-corrected chi connectivity index (χ1v) is 6.51. The Morgan fingerprint density at radius 2 is 2.00 bits per heavy atom. The molecule has 0 saturated carbocycles. The van der Waals surface area contributed by atoms with Crippen molar-refractivity contribution in [1.29, 1.82) is 0 Å². The fourth-order valence-electron chi connectivity index (χ4n) is 1.67. The molecule has 1 aromatic rings. The van der Waals surface area contributed by atoms with Crippen LogP contribution in [0.5, 0.6) is 5.75 Å². The molecule has 1 amide bonds. The van der Waals surface area contributed by atoms with Gasteiger partial charge in [-0.1, -0.05) is 18.2 Å². The normalized spacial score (nSPS) is 14.8. The van der Waals surface area contributed by atoms with E-state index in [1.54, 1.807) is 12.1 Å². The van der Waals surface area contributed by atoms with Crippen molar-refractivity contribution in [3.8, 4) is 5.75 Å². The van der Waals surface area contributed by atoms with Crippen molar-refractivity contribution < 1.29 is 14.3 Å². The molecule has 0 atom stereocenters. The average Bonchev–Trinajstić information content (AvgIpc) is 2.47. The summed E-state index contributed by atoms with van der Waals surface area (Å²) in [4.78, 5) is 13.6. The maximum Gasteiger partial charge on any atom is 0.264 e. The van der Waals surface area contributed by atoms with Crippen LogP contribution >= 0.6 is 12.2 Å². The summed E-state index contributed by atoms with van der Waals surface area (Å²) in [5, 5.41) is 3.09. The summed E-state index contributed by atoms with van der Waals surface area (Å²) < 4.78 is 10.6. The van der Waals surface area contributed by atoms with E-state index in [1.807, 2.05) is 23.1 Å². The van der Waals surface area contributed by atoms with Crippen LogP contribution in [0.2, 0.25) is 0 Å². The number of ether oxygens (including phenoxy) is 2. The lowest BCUT2D eigenvalue weighted by Gasteiger charge is -2.28. The molecular weight excluding hydrogens is 264 g/mol. The van der Waals surface area contributed by atoms with E-state index in [2.05, 4.69) is 5.32 Å². The van der Waals surface area contributed by atoms with Crippen LogP contribution < -0.4 is 10.1 Å².